The van der Waals surface area contributed by atoms with Crippen molar-refractivity contribution in [1.29, 1.82) is 0 Å². The third kappa shape index (κ3) is 0.530. The van der Waals surface area contributed by atoms with Gasteiger partial charge in [0.1, 0.15) is 5.66 Å². The van der Waals surface area contributed by atoms with Crippen LogP contribution in [0.1, 0.15) is 6.42 Å². The second kappa shape index (κ2) is 1.52. The van der Waals surface area contributed by atoms with Crippen molar-refractivity contribution in [3.63, 3.8) is 0 Å². The maximum atomic E-state index is 3.48. The molecule has 0 saturated heterocycles. The van der Waals surface area contributed by atoms with Crippen LogP contribution < -0.4 is 5.32 Å². The zero-order valence-corrected chi connectivity index (χ0v) is 6.25. The molecule has 0 saturated carbocycles. The van der Waals surface area contributed by atoms with Gasteiger partial charge in [0.15, 0.2) is 0 Å². The highest BCUT2D eigenvalue weighted by atomic mass is 15.3. The molecule has 3 heterocycles. The lowest BCUT2D eigenvalue weighted by Crippen LogP contribution is -2.52. The molecule has 0 aromatic heterocycles. The standard InChI is InChI=1S/C9H10N2/c1-4-9-5-2-8(10-9)3-7-11(9)6-1/h1-3,5-6,10H,4,7H2/t9-/m1/s1. The van der Waals surface area contributed by atoms with Crippen LogP contribution in [0.5, 0.6) is 0 Å². The van der Waals surface area contributed by atoms with Gasteiger partial charge in [-0.3, -0.25) is 0 Å². The van der Waals surface area contributed by atoms with Crippen molar-refractivity contribution < 1.29 is 0 Å². The molecule has 1 atom stereocenters. The van der Waals surface area contributed by atoms with E-state index in [1.807, 2.05) is 0 Å². The largest absolute Gasteiger partial charge is 0.359 e. The molecule has 0 unspecified atom stereocenters. The Morgan fingerprint density at radius 3 is 3.55 bits per heavy atom. The van der Waals surface area contributed by atoms with Gasteiger partial charge in [-0.05, 0) is 24.4 Å². The fourth-order valence-corrected chi connectivity index (χ4v) is 2.00. The predicted molar refractivity (Wildman–Crippen MR) is 43.6 cm³/mol. The van der Waals surface area contributed by atoms with Crippen molar-refractivity contribution in [3.05, 3.63) is 36.2 Å². The molecule has 56 valence electrons. The molecule has 2 nitrogen and oxygen atoms in total. The highest BCUT2D eigenvalue weighted by Gasteiger charge is 2.39. The van der Waals surface area contributed by atoms with E-state index in [0.29, 0.717) is 0 Å². The number of nitrogens with one attached hydrogen (secondary N) is 1. The second-order valence-electron chi connectivity index (χ2n) is 3.28. The van der Waals surface area contributed by atoms with Gasteiger partial charge in [-0.25, -0.2) is 0 Å². The Kier molecular flexibility index (Phi) is 0.757. The Bertz CT molecular complexity index is 288. The fraction of sp³-hybridized carbons (Fsp3) is 0.333. The predicted octanol–water partition coefficient (Wildman–Crippen LogP) is 0.959. The van der Waals surface area contributed by atoms with Crippen molar-refractivity contribution >= 4 is 0 Å². The van der Waals surface area contributed by atoms with Gasteiger partial charge in [-0.15, -0.1) is 0 Å². The van der Waals surface area contributed by atoms with Gasteiger partial charge in [0, 0.05) is 18.7 Å². The Morgan fingerprint density at radius 2 is 2.55 bits per heavy atom. The molecule has 1 N–H and O–H groups in total. The first-order chi connectivity index (χ1) is 5.39. The van der Waals surface area contributed by atoms with Gasteiger partial charge in [0.05, 0.1) is 0 Å². The Balaban J connectivity index is 2.13. The monoisotopic (exact) mass is 146 g/mol. The lowest BCUT2D eigenvalue weighted by Gasteiger charge is -2.37. The Hall–Kier alpha value is -1.18. The molecule has 2 heteroatoms. The number of allylic oxidation sites excluding steroid dienone is 1. The number of nitrogens with zero attached hydrogens (tertiary/aromatic N) is 1. The zero-order valence-electron chi connectivity index (χ0n) is 6.25. The highest BCUT2D eigenvalue weighted by Crippen LogP contribution is 2.34. The number of hydrogen-bond acceptors (Lipinski definition) is 2. The second-order valence-corrected chi connectivity index (χ2v) is 3.28. The first-order valence-electron chi connectivity index (χ1n) is 4.00. The van der Waals surface area contributed by atoms with Gasteiger partial charge < -0.3 is 10.2 Å². The summed E-state index contributed by atoms with van der Waals surface area (Å²) >= 11 is 0. The molecule has 3 aliphatic rings. The average Bonchev–Trinajstić information content (AvgIpc) is 2.58. The van der Waals surface area contributed by atoms with Gasteiger partial charge >= 0.3 is 0 Å². The van der Waals surface area contributed by atoms with Gasteiger partial charge in [-0.1, -0.05) is 6.08 Å². The van der Waals surface area contributed by atoms with Crippen LogP contribution in [0.4, 0.5) is 0 Å². The van der Waals surface area contributed by atoms with E-state index in [-0.39, 0.29) is 5.66 Å². The topological polar surface area (TPSA) is 15.3 Å². The van der Waals surface area contributed by atoms with Crippen LogP contribution in [0.25, 0.3) is 0 Å². The molecule has 0 fully saturated rings. The quantitative estimate of drug-likeness (QED) is 0.547. The summed E-state index contributed by atoms with van der Waals surface area (Å²) in [5.74, 6) is 0. The van der Waals surface area contributed by atoms with Crippen LogP contribution in [0.2, 0.25) is 0 Å². The van der Waals surface area contributed by atoms with E-state index in [2.05, 4.69) is 40.7 Å². The Morgan fingerprint density at radius 1 is 1.55 bits per heavy atom. The average molecular weight is 146 g/mol. The zero-order chi connectivity index (χ0) is 7.31. The van der Waals surface area contributed by atoms with E-state index in [0.717, 1.165) is 13.0 Å². The summed E-state index contributed by atoms with van der Waals surface area (Å²) < 4.78 is 0. The molecule has 2 bridgehead atoms. The molecule has 0 amide bonds. The normalized spacial score (nSPS) is 37.1. The summed E-state index contributed by atoms with van der Waals surface area (Å²) in [6, 6.07) is 0. The summed E-state index contributed by atoms with van der Waals surface area (Å²) in [5, 5.41) is 3.48. The molecule has 0 aromatic rings. The summed E-state index contributed by atoms with van der Waals surface area (Å²) in [4.78, 5) is 2.33. The molecular weight excluding hydrogens is 136 g/mol. The van der Waals surface area contributed by atoms with Crippen molar-refractivity contribution in [3.8, 4) is 0 Å². The highest BCUT2D eigenvalue weighted by molar-refractivity contribution is 5.37. The van der Waals surface area contributed by atoms with Crippen LogP contribution in [-0.2, 0) is 0 Å². The maximum absolute atomic E-state index is 3.48. The van der Waals surface area contributed by atoms with Gasteiger partial charge in [0.2, 0.25) is 0 Å². The van der Waals surface area contributed by atoms with Crippen LogP contribution in [0.3, 0.4) is 0 Å². The molecule has 11 heavy (non-hydrogen) atoms. The van der Waals surface area contributed by atoms with Gasteiger partial charge in [0.25, 0.3) is 0 Å². The minimum absolute atomic E-state index is 0.129. The fourth-order valence-electron chi connectivity index (χ4n) is 2.00. The van der Waals surface area contributed by atoms with E-state index in [1.54, 1.807) is 0 Å². The van der Waals surface area contributed by atoms with Crippen molar-refractivity contribution in [1.82, 2.24) is 10.2 Å². The molecule has 0 radical (unpaired) electrons. The first kappa shape index (κ1) is 5.47. The van der Waals surface area contributed by atoms with Gasteiger partial charge in [-0.2, -0.15) is 0 Å². The third-order valence-corrected chi connectivity index (χ3v) is 2.63. The molecule has 3 aliphatic heterocycles. The maximum Gasteiger partial charge on any atom is 0.133 e. The summed E-state index contributed by atoms with van der Waals surface area (Å²) in [7, 11) is 0. The summed E-state index contributed by atoms with van der Waals surface area (Å²) in [6.45, 7) is 1.05. The van der Waals surface area contributed by atoms with E-state index < -0.39 is 0 Å². The summed E-state index contributed by atoms with van der Waals surface area (Å²) in [5.41, 5.74) is 1.41. The smallest absolute Gasteiger partial charge is 0.133 e. The van der Waals surface area contributed by atoms with Crippen LogP contribution in [0.15, 0.2) is 36.2 Å². The van der Waals surface area contributed by atoms with E-state index in [1.165, 1.54) is 5.70 Å². The number of hydrogen-bond donors (Lipinski definition) is 1. The lowest BCUT2D eigenvalue weighted by atomic mass is 10.1. The van der Waals surface area contributed by atoms with E-state index in [9.17, 15) is 0 Å². The molecular formula is C9H10N2. The van der Waals surface area contributed by atoms with Crippen molar-refractivity contribution in [2.24, 2.45) is 0 Å². The Labute approximate surface area is 65.9 Å². The number of fused-ring (bicyclic) bond motifs is 1. The SMILES string of the molecule is C1=CN2CC=C3C=C[C@]2(C1)N3. The minimum atomic E-state index is 0.129. The van der Waals surface area contributed by atoms with E-state index in [4.69, 9.17) is 0 Å². The molecule has 0 aliphatic carbocycles. The van der Waals surface area contributed by atoms with Crippen LogP contribution in [0, 0.1) is 0 Å². The van der Waals surface area contributed by atoms with Crippen LogP contribution in [-0.4, -0.2) is 17.1 Å². The van der Waals surface area contributed by atoms with Crippen molar-refractivity contribution in [2.45, 2.75) is 12.1 Å². The molecule has 3 rings (SSSR count). The van der Waals surface area contributed by atoms with Crippen molar-refractivity contribution in [2.75, 3.05) is 6.54 Å². The third-order valence-electron chi connectivity index (χ3n) is 2.63. The lowest BCUT2D eigenvalue weighted by molar-refractivity contribution is 0.205. The minimum Gasteiger partial charge on any atom is -0.359 e. The molecule has 0 aromatic carbocycles. The van der Waals surface area contributed by atoms with Crippen LogP contribution >= 0.6 is 0 Å². The molecule has 1 spiro atoms. The number of rotatable bonds is 0. The summed E-state index contributed by atoms with van der Waals surface area (Å²) in [6.07, 6.45) is 12.1. The van der Waals surface area contributed by atoms with E-state index >= 15 is 0 Å². The first-order valence-corrected chi connectivity index (χ1v) is 4.00.